The van der Waals surface area contributed by atoms with E-state index in [9.17, 15) is 13.2 Å². The van der Waals surface area contributed by atoms with Crippen LogP contribution in [0.3, 0.4) is 0 Å². The van der Waals surface area contributed by atoms with Crippen LogP contribution in [0.5, 0.6) is 0 Å². The summed E-state index contributed by atoms with van der Waals surface area (Å²) < 4.78 is 45.5. The van der Waals surface area contributed by atoms with Crippen LogP contribution in [0.4, 0.5) is 13.2 Å². The van der Waals surface area contributed by atoms with Crippen molar-refractivity contribution in [2.45, 2.75) is 91.2 Å². The molecule has 0 aromatic rings. The molecule has 29 heavy (non-hydrogen) atoms. The van der Waals surface area contributed by atoms with Crippen LogP contribution >= 0.6 is 0 Å². The molecule has 4 aliphatic carbocycles. The zero-order valence-electron chi connectivity index (χ0n) is 18.9. The van der Waals surface area contributed by atoms with E-state index < -0.39 is 12.1 Å². The van der Waals surface area contributed by atoms with Gasteiger partial charge in [-0.1, -0.05) is 20.8 Å². The van der Waals surface area contributed by atoms with Crippen molar-refractivity contribution in [2.24, 2.45) is 52.3 Å². The molecule has 4 rings (SSSR count). The lowest BCUT2D eigenvalue weighted by Gasteiger charge is -2.61. The van der Waals surface area contributed by atoms with E-state index in [-0.39, 0.29) is 11.3 Å². The minimum atomic E-state index is -4.00. The highest BCUT2D eigenvalue weighted by molar-refractivity contribution is 5.10. The van der Waals surface area contributed by atoms with Crippen molar-refractivity contribution in [1.82, 2.24) is 0 Å². The summed E-state index contributed by atoms with van der Waals surface area (Å²) in [6.45, 7) is 8.25. The van der Waals surface area contributed by atoms with Crippen molar-refractivity contribution in [3.8, 4) is 0 Å². The van der Waals surface area contributed by atoms with Crippen LogP contribution in [-0.4, -0.2) is 19.9 Å². The number of hydrogen-bond donors (Lipinski definition) is 0. The van der Waals surface area contributed by atoms with E-state index >= 15 is 0 Å². The van der Waals surface area contributed by atoms with Gasteiger partial charge in [0.05, 0.1) is 5.92 Å². The fourth-order valence-electron chi connectivity index (χ4n) is 9.08. The Bertz CT molecular complexity index is 589. The Balaban J connectivity index is 1.51. The molecule has 9 atom stereocenters. The largest absolute Gasteiger partial charge is 0.391 e. The van der Waals surface area contributed by atoms with Gasteiger partial charge in [-0.3, -0.25) is 0 Å². The maximum Gasteiger partial charge on any atom is 0.391 e. The first kappa shape index (κ1) is 22.0. The maximum atomic E-state index is 13.4. The van der Waals surface area contributed by atoms with Crippen molar-refractivity contribution in [3.63, 3.8) is 0 Å². The molecule has 4 heteroatoms. The highest BCUT2D eigenvalue weighted by Crippen LogP contribution is 2.69. The third kappa shape index (κ3) is 3.57. The Hall–Kier alpha value is -0.250. The van der Waals surface area contributed by atoms with Crippen LogP contribution in [0.25, 0.3) is 0 Å². The van der Waals surface area contributed by atoms with Gasteiger partial charge in [-0.2, -0.15) is 13.2 Å². The lowest BCUT2D eigenvalue weighted by molar-refractivity contribution is -0.208. The Kier molecular flexibility index (Phi) is 5.84. The fraction of sp³-hybridized carbons (Fsp3) is 1.00. The molecule has 9 unspecified atom stereocenters. The van der Waals surface area contributed by atoms with Gasteiger partial charge in [0.25, 0.3) is 0 Å². The molecular formula is C25H41F3O. The summed E-state index contributed by atoms with van der Waals surface area (Å²) in [5.74, 6) is 2.96. The summed E-state index contributed by atoms with van der Waals surface area (Å²) in [6, 6.07) is 0. The molecule has 0 spiro atoms. The number of fused-ring (bicyclic) bond motifs is 5. The second-order valence-corrected chi connectivity index (χ2v) is 11.7. The first-order chi connectivity index (χ1) is 13.6. The fourth-order valence-corrected chi connectivity index (χ4v) is 9.08. The van der Waals surface area contributed by atoms with Crippen LogP contribution in [0.1, 0.15) is 85.0 Å². The number of alkyl halides is 3. The minimum Gasteiger partial charge on any atom is -0.385 e. The van der Waals surface area contributed by atoms with Crippen LogP contribution in [-0.2, 0) is 4.74 Å². The van der Waals surface area contributed by atoms with E-state index in [4.69, 9.17) is 4.74 Å². The molecule has 0 bridgehead atoms. The quantitative estimate of drug-likeness (QED) is 0.433. The van der Waals surface area contributed by atoms with Crippen molar-refractivity contribution < 1.29 is 17.9 Å². The highest BCUT2D eigenvalue weighted by Gasteiger charge is 2.62. The van der Waals surface area contributed by atoms with Gasteiger partial charge in [0.1, 0.15) is 0 Å². The molecule has 0 aromatic carbocycles. The van der Waals surface area contributed by atoms with Crippen molar-refractivity contribution in [2.75, 3.05) is 13.7 Å². The van der Waals surface area contributed by atoms with Gasteiger partial charge in [0, 0.05) is 13.7 Å². The molecule has 0 radical (unpaired) electrons. The summed E-state index contributed by atoms with van der Waals surface area (Å²) >= 11 is 0. The van der Waals surface area contributed by atoms with E-state index in [0.717, 1.165) is 49.5 Å². The molecule has 0 aromatic heterocycles. The Morgan fingerprint density at radius 3 is 2.34 bits per heavy atom. The average molecular weight is 415 g/mol. The van der Waals surface area contributed by atoms with E-state index in [1.165, 1.54) is 32.1 Å². The van der Waals surface area contributed by atoms with Gasteiger partial charge >= 0.3 is 6.18 Å². The predicted molar refractivity (Wildman–Crippen MR) is 110 cm³/mol. The van der Waals surface area contributed by atoms with Gasteiger partial charge in [0.15, 0.2) is 0 Å². The second kappa shape index (κ2) is 7.71. The number of methoxy groups -OCH3 is 1. The topological polar surface area (TPSA) is 9.23 Å². The first-order valence-corrected chi connectivity index (χ1v) is 12.2. The molecule has 1 nitrogen and oxygen atoms in total. The summed E-state index contributed by atoms with van der Waals surface area (Å²) in [5, 5.41) is 0. The maximum absolute atomic E-state index is 13.4. The van der Waals surface area contributed by atoms with Crippen LogP contribution in [0.15, 0.2) is 0 Å². The van der Waals surface area contributed by atoms with Gasteiger partial charge in [0.2, 0.25) is 0 Å². The van der Waals surface area contributed by atoms with Gasteiger partial charge in [-0.15, -0.1) is 0 Å². The van der Waals surface area contributed by atoms with Crippen LogP contribution in [0, 0.1) is 52.3 Å². The number of hydrogen-bond acceptors (Lipinski definition) is 1. The standard InChI is InChI=1S/C25H41F3O/c1-16-14-22-19-8-7-17-15-18(25(26,27)28)9-11-23(17,2)21(19)10-12-24(22,3)20(16)6-5-13-29-4/h16-22H,5-15H2,1-4H3. The number of rotatable bonds is 4. The third-order valence-electron chi connectivity index (χ3n) is 10.6. The lowest BCUT2D eigenvalue weighted by atomic mass is 9.44. The Labute approximate surface area is 175 Å². The van der Waals surface area contributed by atoms with Crippen LogP contribution < -0.4 is 0 Å². The second-order valence-electron chi connectivity index (χ2n) is 11.7. The molecule has 168 valence electrons. The van der Waals surface area contributed by atoms with E-state index in [1.54, 1.807) is 7.11 Å². The lowest BCUT2D eigenvalue weighted by Crippen LogP contribution is -2.54. The molecule has 0 heterocycles. The van der Waals surface area contributed by atoms with Gasteiger partial charge in [-0.05, 0) is 111 Å². The molecule has 4 saturated carbocycles. The Morgan fingerprint density at radius 1 is 0.931 bits per heavy atom. The van der Waals surface area contributed by atoms with Gasteiger partial charge < -0.3 is 4.74 Å². The smallest absolute Gasteiger partial charge is 0.385 e. The highest BCUT2D eigenvalue weighted by atomic mass is 19.4. The minimum absolute atomic E-state index is 0.142. The summed E-state index contributed by atoms with van der Waals surface area (Å²) in [7, 11) is 1.79. The zero-order chi connectivity index (χ0) is 21.0. The number of halogens is 3. The normalized spacial score (nSPS) is 50.0. The zero-order valence-corrected chi connectivity index (χ0v) is 18.9. The molecule has 0 N–H and O–H groups in total. The molecule has 0 amide bonds. The summed E-state index contributed by atoms with van der Waals surface area (Å²) in [6.07, 6.45) is 6.03. The number of ether oxygens (including phenoxy) is 1. The van der Waals surface area contributed by atoms with Crippen molar-refractivity contribution in [3.05, 3.63) is 0 Å². The van der Waals surface area contributed by atoms with Crippen molar-refractivity contribution in [1.29, 1.82) is 0 Å². The van der Waals surface area contributed by atoms with E-state index in [2.05, 4.69) is 20.8 Å². The predicted octanol–water partition coefficient (Wildman–Crippen LogP) is 7.50. The van der Waals surface area contributed by atoms with Gasteiger partial charge in [-0.25, -0.2) is 0 Å². The SMILES string of the molecule is COCCCC1C(C)CC2C3CCC4CC(C(F)(F)F)CCC4(C)C3CCC12C. The molecule has 0 saturated heterocycles. The summed E-state index contributed by atoms with van der Waals surface area (Å²) in [5.41, 5.74) is 0.573. The van der Waals surface area contributed by atoms with E-state index in [1.807, 2.05) is 0 Å². The summed E-state index contributed by atoms with van der Waals surface area (Å²) in [4.78, 5) is 0. The van der Waals surface area contributed by atoms with Crippen LogP contribution in [0.2, 0.25) is 0 Å². The molecule has 4 fully saturated rings. The molecule has 0 aliphatic heterocycles. The molecular weight excluding hydrogens is 373 g/mol. The van der Waals surface area contributed by atoms with E-state index in [0.29, 0.717) is 24.2 Å². The van der Waals surface area contributed by atoms with Crippen molar-refractivity contribution >= 4 is 0 Å². The molecule has 4 aliphatic rings. The average Bonchev–Trinajstić information content (AvgIpc) is 2.91. The third-order valence-corrected chi connectivity index (χ3v) is 10.6. The Morgan fingerprint density at radius 2 is 1.66 bits per heavy atom. The monoisotopic (exact) mass is 414 g/mol. The first-order valence-electron chi connectivity index (χ1n) is 12.2.